The monoisotopic (exact) mass is 358 g/mol. The van der Waals surface area contributed by atoms with Crippen LogP contribution in [0, 0.1) is 0 Å². The van der Waals surface area contributed by atoms with Crippen molar-refractivity contribution < 1.29 is 19.1 Å². The molecule has 0 radical (unpaired) electrons. The molecule has 2 aromatic rings. The molecule has 0 aliphatic heterocycles. The van der Waals surface area contributed by atoms with Gasteiger partial charge in [-0.1, -0.05) is 36.4 Å². The molecule has 2 rings (SSSR count). The SMILES string of the molecule is CCNC(=O)NC(=O)[C@H](OC(=O)/C=C/c1cccs1)c1ccccc1. The van der Waals surface area contributed by atoms with Crippen LogP contribution in [0.3, 0.4) is 0 Å². The second kappa shape index (κ2) is 9.39. The van der Waals surface area contributed by atoms with Crippen molar-refractivity contribution in [2.45, 2.75) is 13.0 Å². The molecule has 0 saturated heterocycles. The Labute approximate surface area is 149 Å². The van der Waals surface area contributed by atoms with Gasteiger partial charge in [0.2, 0.25) is 6.10 Å². The van der Waals surface area contributed by atoms with Gasteiger partial charge in [-0.05, 0) is 24.4 Å². The quantitative estimate of drug-likeness (QED) is 0.614. The van der Waals surface area contributed by atoms with Crippen LogP contribution in [0.4, 0.5) is 4.79 Å². The van der Waals surface area contributed by atoms with E-state index in [1.807, 2.05) is 17.5 Å². The lowest BCUT2D eigenvalue weighted by atomic mass is 10.1. The molecule has 1 atom stereocenters. The summed E-state index contributed by atoms with van der Waals surface area (Å²) in [4.78, 5) is 36.8. The summed E-state index contributed by atoms with van der Waals surface area (Å²) in [5.41, 5.74) is 0.474. The topological polar surface area (TPSA) is 84.5 Å². The van der Waals surface area contributed by atoms with Gasteiger partial charge in [-0.25, -0.2) is 9.59 Å². The average Bonchev–Trinajstić information content (AvgIpc) is 3.12. The normalized spacial score (nSPS) is 11.7. The molecular formula is C18H18N2O4S. The summed E-state index contributed by atoms with van der Waals surface area (Å²) < 4.78 is 5.26. The second-order valence-electron chi connectivity index (χ2n) is 4.93. The summed E-state index contributed by atoms with van der Waals surface area (Å²) in [5, 5.41) is 6.51. The minimum atomic E-state index is -1.22. The first-order valence-electron chi connectivity index (χ1n) is 7.66. The molecule has 130 valence electrons. The maximum Gasteiger partial charge on any atom is 0.331 e. The predicted octanol–water partition coefficient (Wildman–Crippen LogP) is 2.89. The molecule has 0 aliphatic rings. The number of thiophene rings is 1. The fraction of sp³-hybridized carbons (Fsp3) is 0.167. The van der Waals surface area contributed by atoms with Gasteiger partial charge in [-0.2, -0.15) is 0 Å². The first-order valence-corrected chi connectivity index (χ1v) is 8.54. The maximum atomic E-state index is 12.3. The minimum Gasteiger partial charge on any atom is -0.444 e. The fourth-order valence-corrected chi connectivity index (χ4v) is 2.59. The van der Waals surface area contributed by atoms with Crippen molar-refractivity contribution in [3.05, 3.63) is 64.4 Å². The van der Waals surface area contributed by atoms with Crippen molar-refractivity contribution in [3.63, 3.8) is 0 Å². The number of amides is 3. The number of benzene rings is 1. The number of esters is 1. The Morgan fingerprint density at radius 2 is 1.92 bits per heavy atom. The molecule has 0 bridgehead atoms. The molecular weight excluding hydrogens is 340 g/mol. The van der Waals surface area contributed by atoms with Gasteiger partial charge < -0.3 is 10.1 Å². The van der Waals surface area contributed by atoms with E-state index in [1.54, 1.807) is 43.3 Å². The first-order chi connectivity index (χ1) is 12.1. The Balaban J connectivity index is 2.10. The van der Waals surface area contributed by atoms with Gasteiger partial charge in [-0.3, -0.25) is 10.1 Å². The lowest BCUT2D eigenvalue weighted by Gasteiger charge is -2.16. The van der Waals surface area contributed by atoms with Gasteiger partial charge in [0, 0.05) is 23.1 Å². The van der Waals surface area contributed by atoms with Gasteiger partial charge in [-0.15, -0.1) is 11.3 Å². The zero-order chi connectivity index (χ0) is 18.1. The summed E-state index contributed by atoms with van der Waals surface area (Å²) in [6.45, 7) is 2.10. The van der Waals surface area contributed by atoms with E-state index in [4.69, 9.17) is 4.74 Å². The van der Waals surface area contributed by atoms with Crippen LogP contribution in [0.25, 0.3) is 6.08 Å². The highest BCUT2D eigenvalue weighted by atomic mass is 32.1. The van der Waals surface area contributed by atoms with E-state index in [1.165, 1.54) is 17.4 Å². The molecule has 0 fully saturated rings. The molecule has 1 aromatic heterocycles. The Morgan fingerprint density at radius 3 is 2.56 bits per heavy atom. The Hall–Kier alpha value is -2.93. The van der Waals surface area contributed by atoms with E-state index in [-0.39, 0.29) is 0 Å². The van der Waals surface area contributed by atoms with Crippen LogP contribution < -0.4 is 10.6 Å². The zero-order valence-electron chi connectivity index (χ0n) is 13.6. The maximum absolute atomic E-state index is 12.3. The van der Waals surface area contributed by atoms with E-state index in [2.05, 4.69) is 10.6 Å². The lowest BCUT2D eigenvalue weighted by molar-refractivity contribution is -0.151. The molecule has 7 heteroatoms. The van der Waals surface area contributed by atoms with Crippen molar-refractivity contribution >= 4 is 35.3 Å². The average molecular weight is 358 g/mol. The van der Waals surface area contributed by atoms with Gasteiger partial charge in [0.1, 0.15) is 0 Å². The third-order valence-corrected chi connectivity index (χ3v) is 3.91. The summed E-state index contributed by atoms with van der Waals surface area (Å²) in [7, 11) is 0. The Bertz CT molecular complexity index is 742. The van der Waals surface area contributed by atoms with E-state index >= 15 is 0 Å². The van der Waals surface area contributed by atoms with Crippen LogP contribution >= 0.6 is 11.3 Å². The molecule has 6 nitrogen and oxygen atoms in total. The number of urea groups is 1. The third kappa shape index (κ3) is 5.89. The highest BCUT2D eigenvalue weighted by molar-refractivity contribution is 7.10. The van der Waals surface area contributed by atoms with Crippen LogP contribution in [-0.2, 0) is 14.3 Å². The number of rotatable bonds is 6. The number of nitrogens with one attached hydrogen (secondary N) is 2. The lowest BCUT2D eigenvalue weighted by Crippen LogP contribution is -2.42. The minimum absolute atomic E-state index is 0.373. The number of imide groups is 1. The molecule has 2 N–H and O–H groups in total. The first kappa shape index (κ1) is 18.4. The number of hydrogen-bond acceptors (Lipinski definition) is 5. The standard InChI is InChI=1S/C18H18N2O4S/c1-2-19-18(23)20-17(22)16(13-7-4-3-5-8-13)24-15(21)11-10-14-9-6-12-25-14/h3-12,16H,2H2,1H3,(H2,19,20,22,23)/b11-10+/t16-/m1/s1. The number of carbonyl (C=O) groups is 3. The Morgan fingerprint density at radius 1 is 1.16 bits per heavy atom. The van der Waals surface area contributed by atoms with Gasteiger partial charge in [0.05, 0.1) is 0 Å². The van der Waals surface area contributed by atoms with Crippen molar-refractivity contribution in [1.29, 1.82) is 0 Å². The number of carbonyl (C=O) groups excluding carboxylic acids is 3. The molecule has 0 spiro atoms. The third-order valence-electron chi connectivity index (χ3n) is 3.08. The van der Waals surface area contributed by atoms with Gasteiger partial charge in [0.25, 0.3) is 5.91 Å². The molecule has 0 aliphatic carbocycles. The van der Waals surface area contributed by atoms with Gasteiger partial charge in [0.15, 0.2) is 0 Å². The molecule has 0 saturated carbocycles. The molecule has 0 unspecified atom stereocenters. The highest BCUT2D eigenvalue weighted by Crippen LogP contribution is 2.18. The summed E-state index contributed by atoms with van der Waals surface area (Å²) in [6, 6.07) is 11.6. The van der Waals surface area contributed by atoms with Crippen LogP contribution in [-0.4, -0.2) is 24.5 Å². The van der Waals surface area contributed by atoms with Crippen molar-refractivity contribution in [2.75, 3.05) is 6.54 Å². The highest BCUT2D eigenvalue weighted by Gasteiger charge is 2.25. The van der Waals surface area contributed by atoms with Gasteiger partial charge >= 0.3 is 12.0 Å². The van der Waals surface area contributed by atoms with Crippen molar-refractivity contribution in [3.8, 4) is 0 Å². The fourth-order valence-electron chi connectivity index (χ4n) is 1.97. The Kier molecular flexibility index (Phi) is 6.91. The van der Waals surface area contributed by atoms with E-state index in [0.717, 1.165) is 4.88 Å². The molecule has 1 heterocycles. The predicted molar refractivity (Wildman–Crippen MR) is 95.8 cm³/mol. The smallest absolute Gasteiger partial charge is 0.331 e. The van der Waals surface area contributed by atoms with Crippen molar-refractivity contribution in [2.24, 2.45) is 0 Å². The number of ether oxygens (including phenoxy) is 1. The molecule has 3 amide bonds. The van der Waals surface area contributed by atoms with E-state index < -0.39 is 24.0 Å². The molecule has 25 heavy (non-hydrogen) atoms. The zero-order valence-corrected chi connectivity index (χ0v) is 14.4. The van der Waals surface area contributed by atoms with Crippen LogP contribution in [0.1, 0.15) is 23.5 Å². The van der Waals surface area contributed by atoms with Crippen LogP contribution in [0.15, 0.2) is 53.9 Å². The summed E-state index contributed by atoms with van der Waals surface area (Å²) in [5.74, 6) is -1.39. The van der Waals surface area contributed by atoms with Crippen LogP contribution in [0.5, 0.6) is 0 Å². The largest absolute Gasteiger partial charge is 0.444 e. The molecule has 1 aromatic carbocycles. The summed E-state index contributed by atoms with van der Waals surface area (Å²) in [6.07, 6.45) is 1.64. The second-order valence-corrected chi connectivity index (χ2v) is 5.90. The van der Waals surface area contributed by atoms with E-state index in [9.17, 15) is 14.4 Å². The van der Waals surface area contributed by atoms with E-state index in [0.29, 0.717) is 12.1 Å². The summed E-state index contributed by atoms with van der Waals surface area (Å²) >= 11 is 1.47. The van der Waals surface area contributed by atoms with Crippen molar-refractivity contribution in [1.82, 2.24) is 10.6 Å². The van der Waals surface area contributed by atoms with Crippen LogP contribution in [0.2, 0.25) is 0 Å². The number of hydrogen-bond donors (Lipinski definition) is 2.